The van der Waals surface area contributed by atoms with Crippen LogP contribution in [0.4, 0.5) is 10.1 Å². The largest absolute Gasteiger partial charge is 0.361 e. The van der Waals surface area contributed by atoms with Crippen molar-refractivity contribution in [2.24, 2.45) is 0 Å². The van der Waals surface area contributed by atoms with E-state index in [1.54, 1.807) is 36.5 Å². The van der Waals surface area contributed by atoms with Gasteiger partial charge in [-0.2, -0.15) is 5.26 Å². The lowest BCUT2D eigenvalue weighted by Gasteiger charge is -2.04. The van der Waals surface area contributed by atoms with Gasteiger partial charge in [0.05, 0.1) is 18.1 Å². The van der Waals surface area contributed by atoms with Crippen LogP contribution in [0, 0.1) is 17.1 Å². The number of nitrogens with zero attached hydrogens (tertiary/aromatic N) is 1. The number of carbonyl (C=O) groups is 1. The summed E-state index contributed by atoms with van der Waals surface area (Å²) in [5.74, 6) is -0.488. The van der Waals surface area contributed by atoms with Crippen LogP contribution in [-0.2, 0) is 11.2 Å². The van der Waals surface area contributed by atoms with Crippen LogP contribution in [0.1, 0.15) is 11.1 Å². The SMILES string of the molecule is N#Cc1ccc(NC(=O)Cc2c[nH]c3cc(F)ccc23)cc1. The summed E-state index contributed by atoms with van der Waals surface area (Å²) >= 11 is 0. The fourth-order valence-corrected chi connectivity index (χ4v) is 2.31. The zero-order chi connectivity index (χ0) is 15.5. The molecule has 2 aromatic carbocycles. The lowest BCUT2D eigenvalue weighted by Crippen LogP contribution is -2.14. The van der Waals surface area contributed by atoms with Crippen molar-refractivity contribution >= 4 is 22.5 Å². The van der Waals surface area contributed by atoms with Gasteiger partial charge < -0.3 is 10.3 Å². The topological polar surface area (TPSA) is 68.7 Å². The fourth-order valence-electron chi connectivity index (χ4n) is 2.31. The Balaban J connectivity index is 1.74. The van der Waals surface area contributed by atoms with E-state index in [2.05, 4.69) is 10.3 Å². The van der Waals surface area contributed by atoms with Gasteiger partial charge in [0.1, 0.15) is 5.82 Å². The Morgan fingerprint density at radius 2 is 2.00 bits per heavy atom. The lowest BCUT2D eigenvalue weighted by molar-refractivity contribution is -0.115. The minimum atomic E-state index is -0.317. The number of anilines is 1. The number of amides is 1. The van der Waals surface area contributed by atoms with Crippen molar-refractivity contribution in [2.75, 3.05) is 5.32 Å². The van der Waals surface area contributed by atoms with Crippen molar-refractivity contribution in [1.29, 1.82) is 5.26 Å². The molecular formula is C17H12FN3O. The smallest absolute Gasteiger partial charge is 0.228 e. The van der Waals surface area contributed by atoms with Crippen LogP contribution in [0.3, 0.4) is 0 Å². The highest BCUT2D eigenvalue weighted by molar-refractivity contribution is 5.95. The summed E-state index contributed by atoms with van der Waals surface area (Å²) in [7, 11) is 0. The van der Waals surface area contributed by atoms with E-state index in [1.807, 2.05) is 6.07 Å². The Hall–Kier alpha value is -3.13. The molecule has 3 rings (SSSR count). The fraction of sp³-hybridized carbons (Fsp3) is 0.0588. The second-order valence-corrected chi connectivity index (χ2v) is 4.92. The Kier molecular flexibility index (Phi) is 3.58. The van der Waals surface area contributed by atoms with Crippen LogP contribution >= 0.6 is 0 Å². The van der Waals surface area contributed by atoms with Gasteiger partial charge >= 0.3 is 0 Å². The summed E-state index contributed by atoms with van der Waals surface area (Å²) < 4.78 is 13.1. The third kappa shape index (κ3) is 2.81. The molecule has 22 heavy (non-hydrogen) atoms. The molecule has 0 saturated heterocycles. The van der Waals surface area contributed by atoms with E-state index in [4.69, 9.17) is 5.26 Å². The molecule has 1 aromatic heterocycles. The average Bonchev–Trinajstić information content (AvgIpc) is 2.90. The van der Waals surface area contributed by atoms with Crippen molar-refractivity contribution in [3.8, 4) is 6.07 Å². The Bertz CT molecular complexity index is 875. The van der Waals surface area contributed by atoms with Gasteiger partial charge in [-0.1, -0.05) is 0 Å². The zero-order valence-corrected chi connectivity index (χ0v) is 11.6. The van der Waals surface area contributed by atoms with Gasteiger partial charge in [0, 0.05) is 22.8 Å². The molecule has 5 heteroatoms. The molecule has 108 valence electrons. The van der Waals surface area contributed by atoms with Crippen molar-refractivity contribution in [1.82, 2.24) is 4.98 Å². The molecule has 0 unspecified atom stereocenters. The highest BCUT2D eigenvalue weighted by Crippen LogP contribution is 2.20. The van der Waals surface area contributed by atoms with E-state index in [0.717, 1.165) is 10.9 Å². The second-order valence-electron chi connectivity index (χ2n) is 4.92. The van der Waals surface area contributed by atoms with Crippen molar-refractivity contribution in [2.45, 2.75) is 6.42 Å². The molecule has 0 aliphatic rings. The second kappa shape index (κ2) is 5.70. The number of aromatic amines is 1. The van der Waals surface area contributed by atoms with Crippen LogP contribution < -0.4 is 5.32 Å². The number of nitriles is 1. The first-order valence-corrected chi connectivity index (χ1v) is 6.71. The number of rotatable bonds is 3. The van der Waals surface area contributed by atoms with Crippen molar-refractivity contribution < 1.29 is 9.18 Å². The molecule has 1 amide bonds. The Morgan fingerprint density at radius 3 is 2.73 bits per heavy atom. The quantitative estimate of drug-likeness (QED) is 0.777. The van der Waals surface area contributed by atoms with E-state index in [-0.39, 0.29) is 18.1 Å². The molecule has 0 atom stereocenters. The number of hydrogen-bond donors (Lipinski definition) is 2. The monoisotopic (exact) mass is 293 g/mol. The highest BCUT2D eigenvalue weighted by Gasteiger charge is 2.09. The molecule has 0 saturated carbocycles. The summed E-state index contributed by atoms with van der Waals surface area (Å²) in [4.78, 5) is 15.0. The number of fused-ring (bicyclic) bond motifs is 1. The van der Waals surface area contributed by atoms with Crippen molar-refractivity contribution in [3.05, 3.63) is 65.6 Å². The van der Waals surface area contributed by atoms with Crippen LogP contribution in [0.2, 0.25) is 0 Å². The van der Waals surface area contributed by atoms with E-state index in [1.165, 1.54) is 12.1 Å². The molecule has 0 aliphatic heterocycles. The number of H-pyrrole nitrogens is 1. The maximum Gasteiger partial charge on any atom is 0.228 e. The standard InChI is InChI=1S/C17H12FN3O/c18-13-3-6-15-12(10-20-16(15)8-13)7-17(22)21-14-4-1-11(9-19)2-5-14/h1-6,8,10,20H,7H2,(H,21,22). The van der Waals surface area contributed by atoms with Gasteiger partial charge in [-0.3, -0.25) is 4.79 Å². The van der Waals surface area contributed by atoms with Gasteiger partial charge in [-0.25, -0.2) is 4.39 Å². The molecule has 0 fully saturated rings. The van der Waals surface area contributed by atoms with E-state index < -0.39 is 0 Å². The number of benzene rings is 2. The van der Waals surface area contributed by atoms with Crippen LogP contribution in [0.5, 0.6) is 0 Å². The van der Waals surface area contributed by atoms with Gasteiger partial charge in [-0.15, -0.1) is 0 Å². The molecule has 0 aliphatic carbocycles. The number of carbonyl (C=O) groups excluding carboxylic acids is 1. The molecule has 1 heterocycles. The number of nitrogens with one attached hydrogen (secondary N) is 2. The third-order valence-electron chi connectivity index (χ3n) is 3.38. The molecule has 3 aromatic rings. The molecular weight excluding hydrogens is 281 g/mol. The molecule has 2 N–H and O–H groups in total. The molecule has 0 radical (unpaired) electrons. The summed E-state index contributed by atoms with van der Waals surface area (Å²) in [5, 5.41) is 12.3. The normalized spacial score (nSPS) is 10.4. The van der Waals surface area contributed by atoms with Crippen LogP contribution in [0.15, 0.2) is 48.7 Å². The summed E-state index contributed by atoms with van der Waals surface area (Å²) in [6.07, 6.45) is 1.90. The summed E-state index contributed by atoms with van der Waals surface area (Å²) in [5.41, 5.74) is 2.65. The minimum Gasteiger partial charge on any atom is -0.361 e. The minimum absolute atomic E-state index is 0.171. The van der Waals surface area contributed by atoms with Crippen LogP contribution in [0.25, 0.3) is 10.9 Å². The molecule has 0 spiro atoms. The van der Waals surface area contributed by atoms with E-state index in [9.17, 15) is 9.18 Å². The maximum atomic E-state index is 13.1. The van der Waals surface area contributed by atoms with E-state index >= 15 is 0 Å². The van der Waals surface area contributed by atoms with E-state index in [0.29, 0.717) is 16.8 Å². The molecule has 0 bridgehead atoms. The number of hydrogen-bond acceptors (Lipinski definition) is 2. The Labute approximate surface area is 126 Å². The average molecular weight is 293 g/mol. The van der Waals surface area contributed by atoms with Crippen molar-refractivity contribution in [3.63, 3.8) is 0 Å². The summed E-state index contributed by atoms with van der Waals surface area (Å²) in [6, 6.07) is 13.1. The predicted molar refractivity (Wildman–Crippen MR) is 81.7 cm³/mol. The first-order valence-electron chi connectivity index (χ1n) is 6.71. The predicted octanol–water partition coefficient (Wildman–Crippen LogP) is 3.36. The van der Waals surface area contributed by atoms with Gasteiger partial charge in [0.2, 0.25) is 5.91 Å². The van der Waals surface area contributed by atoms with Gasteiger partial charge in [0.25, 0.3) is 0 Å². The molecule has 4 nitrogen and oxygen atoms in total. The van der Waals surface area contributed by atoms with Gasteiger partial charge in [0.15, 0.2) is 0 Å². The van der Waals surface area contributed by atoms with Crippen LogP contribution in [-0.4, -0.2) is 10.9 Å². The van der Waals surface area contributed by atoms with Gasteiger partial charge in [-0.05, 0) is 48.0 Å². The Morgan fingerprint density at radius 1 is 1.23 bits per heavy atom. The highest BCUT2D eigenvalue weighted by atomic mass is 19.1. The maximum absolute atomic E-state index is 13.1. The first-order chi connectivity index (χ1) is 10.7. The lowest BCUT2D eigenvalue weighted by atomic mass is 10.1. The zero-order valence-electron chi connectivity index (χ0n) is 11.6. The first kappa shape index (κ1) is 13.8. The third-order valence-corrected chi connectivity index (χ3v) is 3.38. The number of aromatic nitrogens is 1. The summed E-state index contributed by atoms with van der Waals surface area (Å²) in [6.45, 7) is 0. The number of halogens is 1.